The number of carboxylic acids is 1. The molecule has 0 aliphatic heterocycles. The van der Waals surface area contributed by atoms with E-state index < -0.39 is 5.97 Å². The van der Waals surface area contributed by atoms with Gasteiger partial charge in [-0.15, -0.1) is 0 Å². The predicted octanol–water partition coefficient (Wildman–Crippen LogP) is 3.83. The van der Waals surface area contributed by atoms with Crippen LogP contribution in [0.3, 0.4) is 0 Å². The third kappa shape index (κ3) is 2.56. The Morgan fingerprint density at radius 2 is 2.00 bits per heavy atom. The quantitative estimate of drug-likeness (QED) is 0.915. The average molecular weight is 293 g/mol. The van der Waals surface area contributed by atoms with Crippen LogP contribution in [0.25, 0.3) is 5.69 Å². The second-order valence-electron chi connectivity index (χ2n) is 5.82. The lowest BCUT2D eigenvalue weighted by Crippen LogP contribution is -2.18. The van der Waals surface area contributed by atoms with E-state index in [0.717, 1.165) is 11.3 Å². The maximum absolute atomic E-state index is 11.3. The van der Waals surface area contributed by atoms with Crippen molar-refractivity contribution in [2.45, 2.75) is 33.1 Å². The first-order valence-corrected chi connectivity index (χ1v) is 6.69. The highest BCUT2D eigenvalue weighted by Gasteiger charge is 2.29. The number of aromatic carboxylic acids is 1. The molecule has 106 valence electrons. The van der Waals surface area contributed by atoms with E-state index in [0.29, 0.717) is 5.69 Å². The van der Waals surface area contributed by atoms with Gasteiger partial charge in [-0.3, -0.25) is 0 Å². The number of hydrogen-bond acceptors (Lipinski definition) is 2. The van der Waals surface area contributed by atoms with Crippen LogP contribution in [0.4, 0.5) is 0 Å². The normalized spacial score (nSPS) is 11.7. The number of aromatic nitrogens is 2. The SMILES string of the molecule is Cc1cccc(-n2nc(C(=O)O)c(Cl)c2C(C)(C)C)c1. The minimum Gasteiger partial charge on any atom is -0.476 e. The molecular weight excluding hydrogens is 276 g/mol. The molecule has 0 saturated heterocycles. The molecule has 5 heteroatoms. The maximum Gasteiger partial charge on any atom is 0.358 e. The molecule has 0 unspecified atom stereocenters. The first-order chi connectivity index (χ1) is 9.21. The smallest absolute Gasteiger partial charge is 0.358 e. The fourth-order valence-corrected chi connectivity index (χ4v) is 2.61. The Morgan fingerprint density at radius 1 is 1.35 bits per heavy atom. The van der Waals surface area contributed by atoms with Gasteiger partial charge in [-0.05, 0) is 24.6 Å². The maximum atomic E-state index is 11.3. The number of aryl methyl sites for hydroxylation is 1. The average Bonchev–Trinajstić information content (AvgIpc) is 2.66. The molecule has 0 bridgehead atoms. The highest BCUT2D eigenvalue weighted by molar-refractivity contribution is 6.34. The lowest BCUT2D eigenvalue weighted by Gasteiger charge is -2.21. The first kappa shape index (κ1) is 14.6. The molecular formula is C15H17ClN2O2. The summed E-state index contributed by atoms with van der Waals surface area (Å²) in [5.74, 6) is -1.12. The summed E-state index contributed by atoms with van der Waals surface area (Å²) in [7, 11) is 0. The summed E-state index contributed by atoms with van der Waals surface area (Å²) in [4.78, 5) is 11.3. The van der Waals surface area contributed by atoms with Crippen LogP contribution < -0.4 is 0 Å². The van der Waals surface area contributed by atoms with Crippen LogP contribution >= 0.6 is 11.6 Å². The molecule has 0 fully saturated rings. The van der Waals surface area contributed by atoms with Crippen molar-refractivity contribution >= 4 is 17.6 Å². The van der Waals surface area contributed by atoms with Crippen LogP contribution in [0.15, 0.2) is 24.3 Å². The van der Waals surface area contributed by atoms with E-state index in [2.05, 4.69) is 5.10 Å². The molecule has 1 aromatic carbocycles. The number of hydrogen-bond donors (Lipinski definition) is 1. The summed E-state index contributed by atoms with van der Waals surface area (Å²) < 4.78 is 1.62. The van der Waals surface area contributed by atoms with Gasteiger partial charge in [0.2, 0.25) is 0 Å². The summed E-state index contributed by atoms with van der Waals surface area (Å²) in [6.45, 7) is 7.92. The summed E-state index contributed by atoms with van der Waals surface area (Å²) in [6, 6.07) is 7.72. The number of rotatable bonds is 2. The molecule has 1 heterocycles. The van der Waals surface area contributed by atoms with Gasteiger partial charge in [0.1, 0.15) is 0 Å². The van der Waals surface area contributed by atoms with Gasteiger partial charge in [-0.1, -0.05) is 44.5 Å². The minimum absolute atomic E-state index is 0.113. The van der Waals surface area contributed by atoms with Crippen molar-refractivity contribution in [3.05, 3.63) is 46.2 Å². The van der Waals surface area contributed by atoms with E-state index in [4.69, 9.17) is 11.6 Å². The Labute approximate surface area is 123 Å². The van der Waals surface area contributed by atoms with E-state index >= 15 is 0 Å². The van der Waals surface area contributed by atoms with Crippen molar-refractivity contribution in [2.24, 2.45) is 0 Å². The van der Waals surface area contributed by atoms with E-state index in [1.54, 1.807) is 4.68 Å². The third-order valence-corrected chi connectivity index (χ3v) is 3.34. The van der Waals surface area contributed by atoms with Crippen LogP contribution in [0, 0.1) is 6.92 Å². The highest BCUT2D eigenvalue weighted by Crippen LogP contribution is 2.34. The Morgan fingerprint density at radius 3 is 2.50 bits per heavy atom. The molecule has 20 heavy (non-hydrogen) atoms. The van der Waals surface area contributed by atoms with Gasteiger partial charge in [0.15, 0.2) is 5.69 Å². The van der Waals surface area contributed by atoms with Gasteiger partial charge in [0.25, 0.3) is 0 Å². The Balaban J connectivity index is 2.75. The lowest BCUT2D eigenvalue weighted by molar-refractivity contribution is 0.0690. The monoisotopic (exact) mass is 292 g/mol. The molecule has 0 radical (unpaired) electrons. The van der Waals surface area contributed by atoms with E-state index in [9.17, 15) is 9.90 Å². The third-order valence-electron chi connectivity index (χ3n) is 2.99. The standard InChI is InChI=1S/C15H17ClN2O2/c1-9-6-5-7-10(8-9)18-13(15(2,3)4)11(16)12(17-18)14(19)20/h5-8H,1-4H3,(H,19,20). The predicted molar refractivity (Wildman–Crippen MR) is 79.0 cm³/mol. The van der Waals surface area contributed by atoms with E-state index in [1.807, 2.05) is 52.0 Å². The molecule has 0 aliphatic carbocycles. The zero-order valence-electron chi connectivity index (χ0n) is 11.9. The first-order valence-electron chi connectivity index (χ1n) is 6.31. The molecule has 1 N–H and O–H groups in total. The number of halogens is 1. The molecule has 0 saturated carbocycles. The molecule has 0 spiro atoms. The van der Waals surface area contributed by atoms with Crippen molar-refractivity contribution in [1.29, 1.82) is 0 Å². The minimum atomic E-state index is -1.12. The van der Waals surface area contributed by atoms with Crippen molar-refractivity contribution in [2.75, 3.05) is 0 Å². The number of nitrogens with zero attached hydrogens (tertiary/aromatic N) is 2. The van der Waals surface area contributed by atoms with Crippen molar-refractivity contribution in [3.8, 4) is 5.69 Å². The molecule has 0 atom stereocenters. The van der Waals surface area contributed by atoms with Gasteiger partial charge < -0.3 is 5.11 Å². The van der Waals surface area contributed by atoms with Gasteiger partial charge in [0, 0.05) is 5.41 Å². The topological polar surface area (TPSA) is 55.1 Å². The van der Waals surface area contributed by atoms with Crippen LogP contribution in [-0.2, 0) is 5.41 Å². The summed E-state index contributed by atoms with van der Waals surface area (Å²) in [5, 5.41) is 13.6. The van der Waals surface area contributed by atoms with E-state index in [1.165, 1.54) is 0 Å². The second-order valence-corrected chi connectivity index (χ2v) is 6.20. The molecule has 0 aliphatic rings. The molecule has 2 aromatic rings. The second kappa shape index (κ2) is 4.94. The Kier molecular flexibility index (Phi) is 3.61. The molecule has 0 amide bonds. The van der Waals surface area contributed by atoms with Gasteiger partial charge in [-0.25, -0.2) is 9.48 Å². The van der Waals surface area contributed by atoms with Crippen LogP contribution in [0.2, 0.25) is 5.02 Å². The highest BCUT2D eigenvalue weighted by atomic mass is 35.5. The van der Waals surface area contributed by atoms with Crippen LogP contribution in [0.5, 0.6) is 0 Å². The summed E-state index contributed by atoms with van der Waals surface area (Å²) >= 11 is 6.23. The Bertz CT molecular complexity index is 669. The van der Waals surface area contributed by atoms with Gasteiger partial charge in [-0.2, -0.15) is 5.10 Å². The molecule has 2 rings (SSSR count). The summed E-state index contributed by atoms with van der Waals surface area (Å²) in [6.07, 6.45) is 0. The number of benzene rings is 1. The van der Waals surface area contributed by atoms with Crippen LogP contribution in [0.1, 0.15) is 42.5 Å². The lowest BCUT2D eigenvalue weighted by atomic mass is 9.91. The largest absolute Gasteiger partial charge is 0.476 e. The van der Waals surface area contributed by atoms with Crippen LogP contribution in [-0.4, -0.2) is 20.9 Å². The fraction of sp³-hybridized carbons (Fsp3) is 0.333. The van der Waals surface area contributed by atoms with E-state index in [-0.39, 0.29) is 16.1 Å². The van der Waals surface area contributed by atoms with Crippen molar-refractivity contribution in [1.82, 2.24) is 9.78 Å². The fourth-order valence-electron chi connectivity index (χ4n) is 2.13. The Hall–Kier alpha value is -1.81. The van der Waals surface area contributed by atoms with Gasteiger partial charge >= 0.3 is 5.97 Å². The molecule has 4 nitrogen and oxygen atoms in total. The van der Waals surface area contributed by atoms with Crippen molar-refractivity contribution in [3.63, 3.8) is 0 Å². The summed E-state index contributed by atoms with van der Waals surface area (Å²) in [5.41, 5.74) is 2.15. The molecule has 1 aromatic heterocycles. The number of carboxylic acid groups (broad SMARTS) is 1. The van der Waals surface area contributed by atoms with Gasteiger partial charge in [0.05, 0.1) is 16.4 Å². The zero-order chi connectivity index (χ0) is 15.1. The zero-order valence-corrected chi connectivity index (χ0v) is 12.7. The number of carbonyl (C=O) groups is 1. The van der Waals surface area contributed by atoms with Crippen molar-refractivity contribution < 1.29 is 9.90 Å².